The number of aliphatic imine (C=N–C) groups is 1. The summed E-state index contributed by atoms with van der Waals surface area (Å²) in [4.78, 5) is 22.9. The van der Waals surface area contributed by atoms with Gasteiger partial charge in [0.25, 0.3) is 0 Å². The molecule has 0 amide bonds. The van der Waals surface area contributed by atoms with Gasteiger partial charge in [-0.3, -0.25) is 10.7 Å². The van der Waals surface area contributed by atoms with Crippen LogP contribution in [0.15, 0.2) is 56.4 Å². The van der Waals surface area contributed by atoms with Crippen LogP contribution in [0, 0.1) is 6.92 Å². The second-order valence-corrected chi connectivity index (χ2v) is 6.60. The molecule has 0 saturated heterocycles. The largest absolute Gasteiger partial charge is 0.481 e. The van der Waals surface area contributed by atoms with E-state index >= 15 is 0 Å². The summed E-state index contributed by atoms with van der Waals surface area (Å²) in [5.41, 5.74) is 10.8. The highest BCUT2D eigenvalue weighted by Gasteiger charge is 2.30. The van der Waals surface area contributed by atoms with Crippen molar-refractivity contribution in [3.8, 4) is 5.88 Å². The quantitative estimate of drug-likeness (QED) is 0.546. The zero-order valence-electron chi connectivity index (χ0n) is 15.7. The van der Waals surface area contributed by atoms with Crippen molar-refractivity contribution in [1.82, 2.24) is 15.3 Å². The van der Waals surface area contributed by atoms with E-state index in [-0.39, 0.29) is 0 Å². The first-order valence-electron chi connectivity index (χ1n) is 8.62. The maximum Gasteiger partial charge on any atom is 0.417 e. The lowest BCUT2D eigenvalue weighted by Crippen LogP contribution is -2.50. The molecule has 0 saturated carbocycles. The van der Waals surface area contributed by atoms with Crippen LogP contribution in [0.1, 0.15) is 18.1 Å². The van der Waals surface area contributed by atoms with E-state index in [2.05, 4.69) is 25.6 Å². The van der Waals surface area contributed by atoms with Crippen LogP contribution in [-0.4, -0.2) is 22.9 Å². The van der Waals surface area contributed by atoms with Gasteiger partial charge in [0.05, 0.1) is 12.6 Å². The van der Waals surface area contributed by atoms with Gasteiger partial charge in [0, 0.05) is 34.8 Å². The Morgan fingerprint density at radius 2 is 2.11 bits per heavy atom. The standard InChI is InChI=1S/C19H20N6O3/c1-10-6-12(9-21-17(10)27-3)19(20)22-8-11(2)16(25-19)23-13-4-5-15-14(7-13)24-18(26)28-15/h4-9,22H,20H2,1-3H3,(H,23,25)(H,24,26). The molecule has 144 valence electrons. The Hall–Kier alpha value is -3.59. The molecule has 1 unspecified atom stereocenters. The molecule has 0 spiro atoms. The number of nitrogens with zero attached hydrogens (tertiary/aromatic N) is 2. The number of fused-ring (bicyclic) bond motifs is 1. The minimum atomic E-state index is -1.18. The summed E-state index contributed by atoms with van der Waals surface area (Å²) in [6.07, 6.45) is 3.43. The minimum absolute atomic E-state index is 0.489. The topological polar surface area (TPSA) is 131 Å². The average molecular weight is 380 g/mol. The normalized spacial score (nSPS) is 19.0. The van der Waals surface area contributed by atoms with Crippen molar-refractivity contribution in [2.75, 3.05) is 12.4 Å². The average Bonchev–Trinajstić information content (AvgIpc) is 3.04. The van der Waals surface area contributed by atoms with Crippen LogP contribution in [0.2, 0.25) is 0 Å². The Balaban J connectivity index is 1.68. The number of ether oxygens (including phenoxy) is 1. The highest BCUT2D eigenvalue weighted by Crippen LogP contribution is 2.26. The van der Waals surface area contributed by atoms with Crippen LogP contribution in [0.5, 0.6) is 5.88 Å². The molecule has 1 aliphatic heterocycles. The number of benzene rings is 1. The van der Waals surface area contributed by atoms with Crippen molar-refractivity contribution in [2.45, 2.75) is 19.6 Å². The van der Waals surface area contributed by atoms with Crippen molar-refractivity contribution in [3.63, 3.8) is 0 Å². The molecule has 1 aromatic carbocycles. The summed E-state index contributed by atoms with van der Waals surface area (Å²) in [5.74, 6) is -0.537. The number of aromatic amines is 1. The summed E-state index contributed by atoms with van der Waals surface area (Å²) < 4.78 is 10.2. The maximum absolute atomic E-state index is 11.3. The zero-order chi connectivity index (χ0) is 19.9. The van der Waals surface area contributed by atoms with Crippen LogP contribution >= 0.6 is 0 Å². The molecule has 3 aromatic rings. The van der Waals surface area contributed by atoms with Gasteiger partial charge in [0.2, 0.25) is 11.7 Å². The highest BCUT2D eigenvalue weighted by atomic mass is 16.5. The molecule has 5 N–H and O–H groups in total. The monoisotopic (exact) mass is 380 g/mol. The Kier molecular flexibility index (Phi) is 4.16. The van der Waals surface area contributed by atoms with Gasteiger partial charge < -0.3 is 19.8 Å². The first-order valence-corrected chi connectivity index (χ1v) is 8.62. The summed E-state index contributed by atoms with van der Waals surface area (Å²) in [7, 11) is 1.57. The number of hydrogen-bond acceptors (Lipinski definition) is 8. The van der Waals surface area contributed by atoms with Gasteiger partial charge in [-0.15, -0.1) is 0 Å². The van der Waals surface area contributed by atoms with E-state index in [1.54, 1.807) is 37.7 Å². The van der Waals surface area contributed by atoms with E-state index in [1.807, 2.05) is 19.9 Å². The Bertz CT molecular complexity index is 1180. The van der Waals surface area contributed by atoms with E-state index < -0.39 is 11.5 Å². The van der Waals surface area contributed by atoms with Crippen LogP contribution in [0.4, 0.5) is 5.69 Å². The minimum Gasteiger partial charge on any atom is -0.481 e. The molecular weight excluding hydrogens is 360 g/mol. The summed E-state index contributed by atoms with van der Waals surface area (Å²) >= 11 is 0. The SMILES string of the molecule is COc1ncc(C2(N)N=C(Nc3ccc4oc(=O)[nH]c4c3)C(C)=CN2)cc1C. The van der Waals surface area contributed by atoms with Crippen LogP contribution in [0.3, 0.4) is 0 Å². The van der Waals surface area contributed by atoms with Crippen molar-refractivity contribution in [3.05, 3.63) is 63.9 Å². The lowest BCUT2D eigenvalue weighted by Gasteiger charge is -2.31. The summed E-state index contributed by atoms with van der Waals surface area (Å²) in [6, 6.07) is 7.17. The van der Waals surface area contributed by atoms with Crippen molar-refractivity contribution < 1.29 is 9.15 Å². The number of aryl methyl sites for hydroxylation is 1. The van der Waals surface area contributed by atoms with Crippen LogP contribution < -0.4 is 26.9 Å². The van der Waals surface area contributed by atoms with Gasteiger partial charge in [0.1, 0.15) is 5.84 Å². The van der Waals surface area contributed by atoms with Crippen molar-refractivity contribution in [2.24, 2.45) is 10.7 Å². The fourth-order valence-electron chi connectivity index (χ4n) is 3.01. The van der Waals surface area contributed by atoms with E-state index in [9.17, 15) is 4.79 Å². The molecule has 0 bridgehead atoms. The number of nitrogens with two attached hydrogens (primary N) is 1. The summed E-state index contributed by atoms with van der Waals surface area (Å²) in [6.45, 7) is 3.81. The first kappa shape index (κ1) is 17.8. The number of rotatable bonds is 3. The predicted octanol–water partition coefficient (Wildman–Crippen LogP) is 1.92. The van der Waals surface area contributed by atoms with Crippen LogP contribution in [0.25, 0.3) is 11.1 Å². The Morgan fingerprint density at radius 1 is 1.29 bits per heavy atom. The third kappa shape index (κ3) is 3.12. The van der Waals surface area contributed by atoms with E-state index in [1.165, 1.54) is 0 Å². The number of amidine groups is 1. The molecule has 1 atom stereocenters. The number of pyridine rings is 1. The molecule has 9 heteroatoms. The molecule has 28 heavy (non-hydrogen) atoms. The first-order chi connectivity index (χ1) is 13.4. The Labute approximate surface area is 160 Å². The van der Waals surface area contributed by atoms with Gasteiger partial charge in [0.15, 0.2) is 5.58 Å². The number of anilines is 1. The van der Waals surface area contributed by atoms with Gasteiger partial charge in [-0.25, -0.2) is 14.8 Å². The second-order valence-electron chi connectivity index (χ2n) is 6.60. The van der Waals surface area contributed by atoms with Gasteiger partial charge in [-0.1, -0.05) is 0 Å². The number of hydrogen-bond donors (Lipinski definition) is 4. The molecule has 4 rings (SSSR count). The van der Waals surface area contributed by atoms with Gasteiger partial charge in [-0.05, 0) is 38.1 Å². The molecule has 0 fully saturated rings. The smallest absolute Gasteiger partial charge is 0.417 e. The second kappa shape index (κ2) is 6.54. The lowest BCUT2D eigenvalue weighted by atomic mass is 10.1. The number of H-pyrrole nitrogens is 1. The predicted molar refractivity (Wildman–Crippen MR) is 106 cm³/mol. The van der Waals surface area contributed by atoms with Crippen molar-refractivity contribution >= 4 is 22.6 Å². The number of oxazole rings is 1. The van der Waals surface area contributed by atoms with E-state index in [4.69, 9.17) is 14.9 Å². The molecule has 0 aliphatic carbocycles. The third-order valence-electron chi connectivity index (χ3n) is 4.52. The number of nitrogens with one attached hydrogen (secondary N) is 3. The highest BCUT2D eigenvalue weighted by molar-refractivity contribution is 6.08. The summed E-state index contributed by atoms with van der Waals surface area (Å²) in [5, 5.41) is 6.37. The lowest BCUT2D eigenvalue weighted by molar-refractivity contribution is 0.385. The molecule has 3 heterocycles. The molecule has 1 aliphatic rings. The molecule has 0 radical (unpaired) electrons. The molecule has 2 aromatic heterocycles. The molecule has 9 nitrogen and oxygen atoms in total. The number of methoxy groups -OCH3 is 1. The van der Waals surface area contributed by atoms with Gasteiger partial charge in [-0.2, -0.15) is 0 Å². The third-order valence-corrected chi connectivity index (χ3v) is 4.52. The van der Waals surface area contributed by atoms with E-state index in [0.29, 0.717) is 28.4 Å². The maximum atomic E-state index is 11.3. The fraction of sp³-hybridized carbons (Fsp3) is 0.211. The molecular formula is C19H20N6O3. The zero-order valence-corrected chi connectivity index (χ0v) is 15.7. The fourth-order valence-corrected chi connectivity index (χ4v) is 3.01. The van der Waals surface area contributed by atoms with Crippen LogP contribution in [-0.2, 0) is 5.79 Å². The van der Waals surface area contributed by atoms with Crippen molar-refractivity contribution in [1.29, 1.82) is 0 Å². The van der Waals surface area contributed by atoms with E-state index in [0.717, 1.165) is 16.8 Å². The Morgan fingerprint density at radius 3 is 2.86 bits per heavy atom. The number of aromatic nitrogens is 2. The van der Waals surface area contributed by atoms with Gasteiger partial charge >= 0.3 is 5.76 Å².